The van der Waals surface area contributed by atoms with Crippen molar-refractivity contribution in [3.63, 3.8) is 0 Å². The van der Waals surface area contributed by atoms with Gasteiger partial charge in [0, 0.05) is 41.6 Å². The largest absolute Gasteiger partial charge is 0.453 e. The first-order valence-electron chi connectivity index (χ1n) is 16.8. The molecule has 1 aliphatic carbocycles. The number of benzene rings is 2. The van der Waals surface area contributed by atoms with Gasteiger partial charge in [-0.15, -0.1) is 0 Å². The first kappa shape index (κ1) is 34.0. The van der Waals surface area contributed by atoms with Crippen molar-refractivity contribution in [3.8, 4) is 11.1 Å². The van der Waals surface area contributed by atoms with E-state index in [0.717, 1.165) is 77.6 Å². The van der Waals surface area contributed by atoms with E-state index in [1.54, 1.807) is 6.33 Å². The van der Waals surface area contributed by atoms with Crippen LogP contribution < -0.4 is 10.7 Å². The fraction of sp³-hybridized carbons (Fsp3) is 0.421. The Labute approximate surface area is 277 Å². The van der Waals surface area contributed by atoms with Crippen molar-refractivity contribution in [2.24, 2.45) is 5.92 Å². The van der Waals surface area contributed by atoms with Crippen molar-refractivity contribution in [1.29, 1.82) is 0 Å². The average molecular weight is 639 g/mol. The third-order valence-corrected chi connectivity index (χ3v) is 9.06. The van der Waals surface area contributed by atoms with E-state index in [1.165, 1.54) is 7.11 Å². The summed E-state index contributed by atoms with van der Waals surface area (Å²) >= 11 is 0. The normalized spacial score (nSPS) is 15.7. The van der Waals surface area contributed by atoms with Crippen molar-refractivity contribution in [3.05, 3.63) is 106 Å². The molecule has 248 valence electrons. The summed E-state index contributed by atoms with van der Waals surface area (Å²) in [5.41, 5.74) is 7.46. The number of aromatic nitrogens is 3. The maximum Gasteiger partial charge on any atom is 0.411 e. The number of nitrogens with zero attached hydrogens (tertiary/aromatic N) is 3. The molecule has 1 saturated carbocycles. The summed E-state index contributed by atoms with van der Waals surface area (Å²) in [5, 5.41) is 7.22. The van der Waals surface area contributed by atoms with Gasteiger partial charge in [0.2, 0.25) is 0 Å². The third kappa shape index (κ3) is 7.63. The molecule has 1 amide bonds. The van der Waals surface area contributed by atoms with Gasteiger partial charge in [-0.2, -0.15) is 5.10 Å². The zero-order valence-corrected chi connectivity index (χ0v) is 28.0. The van der Waals surface area contributed by atoms with Gasteiger partial charge in [-0.1, -0.05) is 82.3 Å². The quantitative estimate of drug-likeness (QED) is 0.208. The predicted octanol–water partition coefficient (Wildman–Crippen LogP) is 7.13. The average Bonchev–Trinajstić information content (AvgIpc) is 3.75. The number of alkyl carbamates (subject to hydrolysis) is 1. The number of hydrogen-bond donors (Lipinski definition) is 1. The van der Waals surface area contributed by atoms with Gasteiger partial charge in [0.25, 0.3) is 0 Å². The van der Waals surface area contributed by atoms with Crippen LogP contribution in [-0.2, 0) is 33.5 Å². The number of methoxy groups -OCH3 is 1. The van der Waals surface area contributed by atoms with Crippen molar-refractivity contribution in [2.75, 3.05) is 20.3 Å². The number of aryl methyl sites for hydroxylation is 1. The first-order chi connectivity index (χ1) is 22.9. The van der Waals surface area contributed by atoms with Crippen molar-refractivity contribution in [2.45, 2.75) is 77.9 Å². The Morgan fingerprint density at radius 1 is 1.09 bits per heavy atom. The van der Waals surface area contributed by atoms with E-state index in [2.05, 4.69) is 41.0 Å². The van der Waals surface area contributed by atoms with E-state index in [-0.39, 0.29) is 5.43 Å². The second-order valence-electron chi connectivity index (χ2n) is 12.0. The Hall–Kier alpha value is -4.34. The van der Waals surface area contributed by atoms with Crippen LogP contribution in [0.1, 0.15) is 80.8 Å². The van der Waals surface area contributed by atoms with Crippen LogP contribution >= 0.6 is 0 Å². The van der Waals surface area contributed by atoms with Crippen LogP contribution in [0.2, 0.25) is 0 Å². The SMILES string of the molecule is C=C(NC(=O)OC)c1ccccc1-c1ccc(Cc2c(CCC)n3ncnc3cc(CC3CCC4(CC3)OCCO4)c2=O)cc1.CC. The first-order valence-corrected chi connectivity index (χ1v) is 16.8. The highest BCUT2D eigenvalue weighted by molar-refractivity contribution is 5.86. The summed E-state index contributed by atoms with van der Waals surface area (Å²) in [5.74, 6) is -0.0397. The fourth-order valence-electron chi connectivity index (χ4n) is 6.72. The molecule has 4 aromatic rings. The molecule has 6 rings (SSSR count). The number of fused-ring (bicyclic) bond motifs is 1. The van der Waals surface area contributed by atoms with Gasteiger partial charge in [-0.05, 0) is 54.4 Å². The van der Waals surface area contributed by atoms with Gasteiger partial charge in [-0.3, -0.25) is 10.1 Å². The lowest BCUT2D eigenvalue weighted by Crippen LogP contribution is -2.35. The maximum atomic E-state index is 14.3. The Balaban J connectivity index is 0.00000213. The number of carbonyl (C=O) groups is 1. The lowest BCUT2D eigenvalue weighted by molar-refractivity contribution is -0.182. The van der Waals surface area contributed by atoms with Crippen LogP contribution in [0.3, 0.4) is 0 Å². The molecule has 2 fully saturated rings. The Kier molecular flexibility index (Phi) is 11.2. The van der Waals surface area contributed by atoms with Crippen LogP contribution in [0.15, 0.2) is 72.3 Å². The van der Waals surface area contributed by atoms with Gasteiger partial charge in [-0.25, -0.2) is 14.3 Å². The van der Waals surface area contributed by atoms with Crippen molar-refractivity contribution >= 4 is 17.4 Å². The van der Waals surface area contributed by atoms with Gasteiger partial charge < -0.3 is 14.2 Å². The molecular formula is C38H46N4O5. The van der Waals surface area contributed by atoms with Crippen molar-refractivity contribution < 1.29 is 19.0 Å². The predicted molar refractivity (Wildman–Crippen MR) is 184 cm³/mol. The van der Waals surface area contributed by atoms with Crippen LogP contribution in [0.25, 0.3) is 22.5 Å². The number of hydrogen-bond acceptors (Lipinski definition) is 7. The lowest BCUT2D eigenvalue weighted by Gasteiger charge is -2.35. The molecule has 9 heteroatoms. The molecule has 2 aromatic heterocycles. The molecule has 2 aromatic carbocycles. The summed E-state index contributed by atoms with van der Waals surface area (Å²) in [6.45, 7) is 11.5. The Morgan fingerprint density at radius 3 is 2.47 bits per heavy atom. The van der Waals surface area contributed by atoms with E-state index in [1.807, 2.05) is 60.8 Å². The number of carbonyl (C=O) groups excluding carboxylic acids is 1. The van der Waals surface area contributed by atoms with Gasteiger partial charge in [0.15, 0.2) is 16.9 Å². The standard InChI is InChI=1S/C36H40N4O5.C2H6/c1-4-7-32-31(21-25-10-12-27(13-11-25)30-9-6-5-8-29(30)24(2)39-35(42)43-3)34(41)28(22-33-37-23-38-40(32)33)20-26-14-16-36(17-15-26)44-18-19-45-36;1-2/h5-6,8-13,22-23,26H,2,4,7,14-21H2,1,3H3,(H,39,42);1-2H3. The molecule has 3 heterocycles. The number of amides is 1. The third-order valence-electron chi connectivity index (χ3n) is 9.06. The minimum absolute atomic E-state index is 0.0824. The minimum Gasteiger partial charge on any atom is -0.453 e. The molecule has 0 bridgehead atoms. The summed E-state index contributed by atoms with van der Waals surface area (Å²) in [7, 11) is 1.32. The molecule has 9 nitrogen and oxygen atoms in total. The Morgan fingerprint density at radius 2 is 1.79 bits per heavy atom. The van der Waals surface area contributed by atoms with Crippen molar-refractivity contribution in [1.82, 2.24) is 19.9 Å². The summed E-state index contributed by atoms with van der Waals surface area (Å²) in [4.78, 5) is 30.7. The van der Waals surface area contributed by atoms with Crippen LogP contribution in [0, 0.1) is 5.92 Å². The molecule has 0 radical (unpaired) electrons. The second kappa shape index (κ2) is 15.5. The molecule has 0 unspecified atom stereocenters. The lowest BCUT2D eigenvalue weighted by atomic mass is 9.81. The van der Waals surface area contributed by atoms with E-state index in [9.17, 15) is 9.59 Å². The summed E-state index contributed by atoms with van der Waals surface area (Å²) < 4.78 is 18.5. The molecule has 1 saturated heterocycles. The van der Waals surface area contributed by atoms with Gasteiger partial charge in [0.1, 0.15) is 6.33 Å². The fourth-order valence-corrected chi connectivity index (χ4v) is 6.72. The topological polar surface area (TPSA) is 104 Å². The highest BCUT2D eigenvalue weighted by atomic mass is 16.7. The number of nitrogens with one attached hydrogen (secondary N) is 1. The van der Waals surface area contributed by atoms with Crippen LogP contribution in [0.5, 0.6) is 0 Å². The zero-order valence-electron chi connectivity index (χ0n) is 28.0. The molecule has 1 N–H and O–H groups in total. The van der Waals surface area contributed by atoms with E-state index < -0.39 is 11.9 Å². The van der Waals surface area contributed by atoms with E-state index >= 15 is 0 Å². The van der Waals surface area contributed by atoms with E-state index in [0.29, 0.717) is 43.3 Å². The molecule has 1 aliphatic heterocycles. The molecular weight excluding hydrogens is 592 g/mol. The molecule has 2 aliphatic rings. The summed E-state index contributed by atoms with van der Waals surface area (Å²) in [6.07, 6.45) is 7.43. The summed E-state index contributed by atoms with van der Waals surface area (Å²) in [6, 6.07) is 17.9. The zero-order chi connectivity index (χ0) is 33.4. The molecule has 1 spiro atoms. The van der Waals surface area contributed by atoms with Gasteiger partial charge in [0.05, 0.1) is 26.0 Å². The van der Waals surface area contributed by atoms with Crippen LogP contribution in [-0.4, -0.2) is 46.8 Å². The highest BCUT2D eigenvalue weighted by Gasteiger charge is 2.40. The Bertz CT molecular complexity index is 1750. The van der Waals surface area contributed by atoms with Gasteiger partial charge >= 0.3 is 6.09 Å². The molecule has 0 atom stereocenters. The highest BCUT2D eigenvalue weighted by Crippen LogP contribution is 2.39. The smallest absolute Gasteiger partial charge is 0.411 e. The van der Waals surface area contributed by atoms with E-state index in [4.69, 9.17) is 14.2 Å². The number of ether oxygens (including phenoxy) is 3. The monoisotopic (exact) mass is 638 g/mol. The maximum absolute atomic E-state index is 14.3. The second-order valence-corrected chi connectivity index (χ2v) is 12.0. The van der Waals surface area contributed by atoms with Crippen LogP contribution in [0.4, 0.5) is 4.79 Å². The molecule has 47 heavy (non-hydrogen) atoms. The number of rotatable bonds is 9. The minimum atomic E-state index is -0.567.